The van der Waals surface area contributed by atoms with Crippen molar-refractivity contribution in [2.75, 3.05) is 7.05 Å². The molecule has 0 amide bonds. The molecule has 3 atom stereocenters. The average Bonchev–Trinajstić information content (AvgIpc) is 2.51. The molecule has 2 bridgehead atoms. The van der Waals surface area contributed by atoms with E-state index in [9.17, 15) is 0 Å². The molecule has 0 aromatic carbocycles. The Bertz CT molecular complexity index is 213. The van der Waals surface area contributed by atoms with Crippen LogP contribution in [0.2, 0.25) is 0 Å². The Balaban J connectivity index is 2.07. The number of piperidine rings is 1. The molecule has 1 N–H and O–H groups in total. The maximum atomic E-state index is 3.48. The van der Waals surface area contributed by atoms with E-state index in [1.165, 1.54) is 32.1 Å². The lowest BCUT2D eigenvalue weighted by Crippen LogP contribution is -2.53. The Morgan fingerprint density at radius 2 is 1.75 bits per heavy atom. The monoisotopic (exact) mass is 224 g/mol. The summed E-state index contributed by atoms with van der Waals surface area (Å²) in [5.74, 6) is 0.805. The summed E-state index contributed by atoms with van der Waals surface area (Å²) in [7, 11) is 2.12. The highest BCUT2D eigenvalue weighted by atomic mass is 15.3. The van der Waals surface area contributed by atoms with Crippen LogP contribution in [0.5, 0.6) is 0 Å². The summed E-state index contributed by atoms with van der Waals surface area (Å²) in [5.41, 5.74) is 0. The maximum absolute atomic E-state index is 3.48. The van der Waals surface area contributed by atoms with E-state index in [2.05, 4.69) is 38.0 Å². The summed E-state index contributed by atoms with van der Waals surface area (Å²) in [6.07, 6.45) is 6.93. The molecule has 94 valence electrons. The van der Waals surface area contributed by atoms with Crippen molar-refractivity contribution in [3.8, 4) is 0 Å². The van der Waals surface area contributed by atoms with Crippen molar-refractivity contribution in [1.29, 1.82) is 0 Å². The summed E-state index contributed by atoms with van der Waals surface area (Å²) >= 11 is 0. The van der Waals surface area contributed by atoms with Crippen LogP contribution >= 0.6 is 0 Å². The molecule has 2 heteroatoms. The van der Waals surface area contributed by atoms with Crippen molar-refractivity contribution >= 4 is 0 Å². The summed E-state index contributed by atoms with van der Waals surface area (Å²) in [6, 6.07) is 3.32. The summed E-state index contributed by atoms with van der Waals surface area (Å²) in [6.45, 7) is 7.13. The number of rotatable bonds is 4. The van der Waals surface area contributed by atoms with Crippen LogP contribution in [0.25, 0.3) is 0 Å². The largest absolute Gasteiger partial charge is 0.317 e. The highest BCUT2D eigenvalue weighted by Gasteiger charge is 2.43. The van der Waals surface area contributed by atoms with Gasteiger partial charge in [0.05, 0.1) is 0 Å². The molecule has 0 radical (unpaired) electrons. The SMILES string of the molecule is CCC(C(C)C)N1C2CCC1CC(NC)C2. The van der Waals surface area contributed by atoms with Gasteiger partial charge in [0.2, 0.25) is 0 Å². The van der Waals surface area contributed by atoms with Crippen LogP contribution in [0.15, 0.2) is 0 Å². The number of fused-ring (bicyclic) bond motifs is 2. The van der Waals surface area contributed by atoms with Crippen LogP contribution in [0.4, 0.5) is 0 Å². The fraction of sp³-hybridized carbons (Fsp3) is 1.00. The van der Waals surface area contributed by atoms with Gasteiger partial charge in [-0.25, -0.2) is 0 Å². The van der Waals surface area contributed by atoms with Gasteiger partial charge in [-0.15, -0.1) is 0 Å². The van der Waals surface area contributed by atoms with Crippen molar-refractivity contribution in [3.63, 3.8) is 0 Å². The quantitative estimate of drug-likeness (QED) is 0.790. The molecule has 0 aromatic heterocycles. The molecule has 3 unspecified atom stereocenters. The van der Waals surface area contributed by atoms with E-state index in [-0.39, 0.29) is 0 Å². The minimum atomic E-state index is 0.776. The van der Waals surface area contributed by atoms with E-state index >= 15 is 0 Å². The molecular weight excluding hydrogens is 196 g/mol. The Hall–Kier alpha value is -0.0800. The zero-order chi connectivity index (χ0) is 11.7. The Morgan fingerprint density at radius 1 is 1.19 bits per heavy atom. The van der Waals surface area contributed by atoms with Gasteiger partial charge in [0.15, 0.2) is 0 Å². The van der Waals surface area contributed by atoms with Crippen molar-refractivity contribution < 1.29 is 0 Å². The maximum Gasteiger partial charge on any atom is 0.0121 e. The van der Waals surface area contributed by atoms with Crippen LogP contribution in [-0.4, -0.2) is 36.1 Å². The molecule has 0 spiro atoms. The fourth-order valence-electron chi connectivity index (χ4n) is 4.02. The van der Waals surface area contributed by atoms with Crippen LogP contribution in [-0.2, 0) is 0 Å². The first-order chi connectivity index (χ1) is 7.67. The normalized spacial score (nSPS) is 36.9. The predicted octanol–water partition coefficient (Wildman–Crippen LogP) is 2.64. The van der Waals surface area contributed by atoms with E-state index < -0.39 is 0 Å². The van der Waals surface area contributed by atoms with Gasteiger partial charge < -0.3 is 5.32 Å². The number of nitrogens with zero attached hydrogens (tertiary/aromatic N) is 1. The summed E-state index contributed by atoms with van der Waals surface area (Å²) in [4.78, 5) is 2.87. The van der Waals surface area contributed by atoms with Gasteiger partial charge in [0, 0.05) is 24.2 Å². The lowest BCUT2D eigenvalue weighted by molar-refractivity contribution is 0.0471. The van der Waals surface area contributed by atoms with Crippen LogP contribution < -0.4 is 5.32 Å². The Morgan fingerprint density at radius 3 is 2.12 bits per heavy atom. The Labute approximate surface area is 101 Å². The highest BCUT2D eigenvalue weighted by Crippen LogP contribution is 2.39. The predicted molar refractivity (Wildman–Crippen MR) is 69.6 cm³/mol. The van der Waals surface area contributed by atoms with Gasteiger partial charge in [-0.3, -0.25) is 4.90 Å². The van der Waals surface area contributed by atoms with Gasteiger partial charge in [-0.05, 0) is 45.1 Å². The Kier molecular flexibility index (Phi) is 3.91. The van der Waals surface area contributed by atoms with E-state index in [1.807, 2.05) is 0 Å². The fourth-order valence-corrected chi connectivity index (χ4v) is 4.02. The van der Waals surface area contributed by atoms with Crippen LogP contribution in [0.1, 0.15) is 52.9 Å². The molecule has 2 rings (SSSR count). The third kappa shape index (κ3) is 2.14. The molecule has 2 aliphatic rings. The highest BCUT2D eigenvalue weighted by molar-refractivity contribution is 5.00. The minimum Gasteiger partial charge on any atom is -0.317 e. The van der Waals surface area contributed by atoms with Gasteiger partial charge in [0.1, 0.15) is 0 Å². The molecule has 2 aliphatic heterocycles. The number of hydrogen-bond acceptors (Lipinski definition) is 2. The molecule has 2 heterocycles. The zero-order valence-corrected chi connectivity index (χ0v) is 11.4. The molecule has 16 heavy (non-hydrogen) atoms. The topological polar surface area (TPSA) is 15.3 Å². The second-order valence-corrected chi connectivity index (χ2v) is 6.01. The lowest BCUT2D eigenvalue weighted by atomic mass is 9.91. The second kappa shape index (κ2) is 5.05. The summed E-state index contributed by atoms with van der Waals surface area (Å²) in [5, 5.41) is 3.48. The van der Waals surface area contributed by atoms with Crippen molar-refractivity contribution in [2.45, 2.75) is 77.0 Å². The van der Waals surface area contributed by atoms with Gasteiger partial charge >= 0.3 is 0 Å². The van der Waals surface area contributed by atoms with Gasteiger partial charge in [0.25, 0.3) is 0 Å². The molecular formula is C14H28N2. The van der Waals surface area contributed by atoms with E-state index in [0.29, 0.717) is 0 Å². The third-order valence-corrected chi connectivity index (χ3v) is 4.77. The van der Waals surface area contributed by atoms with Crippen molar-refractivity contribution in [2.24, 2.45) is 5.92 Å². The summed E-state index contributed by atoms with van der Waals surface area (Å²) < 4.78 is 0. The van der Waals surface area contributed by atoms with Crippen LogP contribution in [0.3, 0.4) is 0 Å². The van der Waals surface area contributed by atoms with E-state index in [1.54, 1.807) is 0 Å². The first-order valence-corrected chi connectivity index (χ1v) is 7.12. The van der Waals surface area contributed by atoms with Crippen molar-refractivity contribution in [1.82, 2.24) is 10.2 Å². The second-order valence-electron chi connectivity index (χ2n) is 6.01. The average molecular weight is 224 g/mol. The number of hydrogen-bond donors (Lipinski definition) is 1. The standard InChI is InChI=1S/C14H28N2/c1-5-14(10(2)3)16-12-6-7-13(16)9-11(8-12)15-4/h10-15H,5-9H2,1-4H3. The zero-order valence-electron chi connectivity index (χ0n) is 11.4. The molecule has 0 saturated carbocycles. The lowest BCUT2D eigenvalue weighted by Gasteiger charge is -2.45. The third-order valence-electron chi connectivity index (χ3n) is 4.77. The smallest absolute Gasteiger partial charge is 0.0121 e. The van der Waals surface area contributed by atoms with E-state index in [0.717, 1.165) is 30.1 Å². The van der Waals surface area contributed by atoms with Crippen LogP contribution in [0, 0.1) is 5.92 Å². The van der Waals surface area contributed by atoms with Gasteiger partial charge in [-0.2, -0.15) is 0 Å². The van der Waals surface area contributed by atoms with E-state index in [4.69, 9.17) is 0 Å². The first kappa shape index (κ1) is 12.4. The van der Waals surface area contributed by atoms with Crippen molar-refractivity contribution in [3.05, 3.63) is 0 Å². The molecule has 2 fully saturated rings. The first-order valence-electron chi connectivity index (χ1n) is 7.12. The molecule has 2 nitrogen and oxygen atoms in total. The minimum absolute atomic E-state index is 0.776. The molecule has 0 aromatic rings. The van der Waals surface area contributed by atoms with Gasteiger partial charge in [-0.1, -0.05) is 20.8 Å². The molecule has 0 aliphatic carbocycles. The number of nitrogens with one attached hydrogen (secondary N) is 1. The molecule has 2 saturated heterocycles.